The van der Waals surface area contributed by atoms with Crippen LogP contribution in [0.2, 0.25) is 0 Å². The summed E-state index contributed by atoms with van der Waals surface area (Å²) in [4.78, 5) is 66.7. The summed E-state index contributed by atoms with van der Waals surface area (Å²) >= 11 is 0. The zero-order valence-electron chi connectivity index (χ0n) is 28.7. The Labute approximate surface area is 291 Å². The van der Waals surface area contributed by atoms with E-state index in [2.05, 4.69) is 23.3 Å². The molecule has 1 aromatic rings. The lowest BCUT2D eigenvalue weighted by Crippen LogP contribution is -2.63. The van der Waals surface area contributed by atoms with E-state index in [0.717, 1.165) is 24.9 Å². The number of hydrogen-bond donors (Lipinski definition) is 4. The number of Topliss-reactive ketones (excluding diaryl/α,β-unsaturated/α-hetero) is 1. The molecule has 1 spiro atoms. The molecule has 2 saturated heterocycles. The fourth-order valence-electron chi connectivity index (χ4n) is 9.17. The minimum absolute atomic E-state index is 0.0524. The fraction of sp³-hybridized carbons (Fsp3) is 0.639. The van der Waals surface area contributed by atoms with Gasteiger partial charge in [0.05, 0.1) is 19.1 Å². The van der Waals surface area contributed by atoms with Crippen LogP contribution in [0.3, 0.4) is 0 Å². The molecule has 272 valence electrons. The van der Waals surface area contributed by atoms with Crippen LogP contribution >= 0.6 is 0 Å². The lowest BCUT2D eigenvalue weighted by Gasteiger charge is -2.56. The van der Waals surface area contributed by atoms with Gasteiger partial charge in [-0.05, 0) is 88.7 Å². The summed E-state index contributed by atoms with van der Waals surface area (Å²) in [6, 6.07) is 3.68. The number of unbranched alkanes of at least 4 members (excludes halogenated alkanes) is 1. The van der Waals surface area contributed by atoms with Gasteiger partial charge in [-0.3, -0.25) is 19.2 Å². The quantitative estimate of drug-likeness (QED) is 0.164. The van der Waals surface area contributed by atoms with Crippen molar-refractivity contribution in [3.05, 3.63) is 35.1 Å². The average Bonchev–Trinajstić information content (AvgIpc) is 3.44. The SMILES string of the molecule is COc1ccc2c3c1O[C@H]1C(OC(=O)N4CCC(C(=O)O)CC4CNC(=O)[C@H](CCCCN)CC(=O)CC(=O)O)=CC[C@H]4[C@@H](C2)N(C)CC[C@]314. The summed E-state index contributed by atoms with van der Waals surface area (Å²) < 4.78 is 18.6. The van der Waals surface area contributed by atoms with Crippen LogP contribution in [-0.4, -0.2) is 108 Å². The Hall–Kier alpha value is -4.17. The normalized spacial score (nSPS) is 28.4. The molecular weight excluding hydrogens is 648 g/mol. The maximum absolute atomic E-state index is 14.0. The van der Waals surface area contributed by atoms with Crippen LogP contribution in [0, 0.1) is 17.8 Å². The van der Waals surface area contributed by atoms with Crippen molar-refractivity contribution in [3.63, 3.8) is 0 Å². The van der Waals surface area contributed by atoms with Crippen LogP contribution in [0.25, 0.3) is 0 Å². The van der Waals surface area contributed by atoms with E-state index in [1.807, 2.05) is 12.1 Å². The van der Waals surface area contributed by atoms with E-state index in [1.54, 1.807) is 7.11 Å². The molecule has 14 nitrogen and oxygen atoms in total. The Kier molecular flexibility index (Phi) is 10.4. The summed E-state index contributed by atoms with van der Waals surface area (Å²) in [5.41, 5.74) is 7.61. The van der Waals surface area contributed by atoms with Crippen LogP contribution in [0.4, 0.5) is 4.79 Å². The van der Waals surface area contributed by atoms with Gasteiger partial charge in [0.2, 0.25) is 5.91 Å². The number of nitrogens with two attached hydrogens (primary N) is 1. The van der Waals surface area contributed by atoms with Crippen molar-refractivity contribution in [2.45, 2.75) is 87.8 Å². The molecule has 3 heterocycles. The number of nitrogens with zero attached hydrogens (tertiary/aromatic N) is 2. The van der Waals surface area contributed by atoms with Crippen LogP contribution < -0.4 is 20.5 Å². The maximum Gasteiger partial charge on any atom is 0.415 e. The standard InChI is InChI=1S/C36H48N4O10/c1-39-14-11-36-25-7-9-28(32(36)50-31-27(48-2)8-6-20(30(31)36)17-26(25)39)49-35(47)40-13-10-22(34(45)46)15-23(40)19-38-33(44)21(5-3-4-12-37)16-24(41)18-29(42)43/h6,8-9,21-23,25-26,32H,3-5,7,10-19,37H2,1-2H3,(H,38,44)(H,42,43)(H,45,46)/t21-,22?,23?,25+,26-,32+,36+/m1/s1. The first kappa shape index (κ1) is 35.6. The van der Waals surface area contributed by atoms with Gasteiger partial charge in [-0.15, -0.1) is 0 Å². The number of hydrogen-bond acceptors (Lipinski definition) is 10. The number of carboxylic acid groups (broad SMARTS) is 2. The molecule has 0 aromatic heterocycles. The van der Waals surface area contributed by atoms with Crippen molar-refractivity contribution in [2.75, 3.05) is 40.3 Å². The van der Waals surface area contributed by atoms with Crippen molar-refractivity contribution >= 4 is 29.7 Å². The number of aliphatic carboxylic acids is 2. The van der Waals surface area contributed by atoms with Crippen LogP contribution in [0.5, 0.6) is 11.5 Å². The second-order valence-electron chi connectivity index (χ2n) is 14.4. The summed E-state index contributed by atoms with van der Waals surface area (Å²) in [5.74, 6) is -2.70. The summed E-state index contributed by atoms with van der Waals surface area (Å²) in [5, 5.41) is 21.7. The van der Waals surface area contributed by atoms with Gasteiger partial charge in [-0.25, -0.2) is 4.79 Å². The number of likely N-dealkylation sites (N-methyl/N-ethyl adjacent to an activating group) is 1. The third-order valence-electron chi connectivity index (χ3n) is 11.6. The zero-order valence-corrected chi connectivity index (χ0v) is 28.7. The minimum atomic E-state index is -1.26. The molecule has 7 atom stereocenters. The molecule has 0 radical (unpaired) electrons. The number of carbonyl (C=O) groups excluding carboxylic acids is 3. The highest BCUT2D eigenvalue weighted by atomic mass is 16.6. The summed E-state index contributed by atoms with van der Waals surface area (Å²) in [7, 11) is 3.78. The molecule has 5 aliphatic rings. The highest BCUT2D eigenvalue weighted by Gasteiger charge is 2.65. The number of carboxylic acids is 2. The molecule has 2 amide bonds. The Morgan fingerprint density at radius 1 is 1.16 bits per heavy atom. The number of ether oxygens (including phenoxy) is 3. The second-order valence-corrected chi connectivity index (χ2v) is 14.4. The third-order valence-corrected chi connectivity index (χ3v) is 11.6. The van der Waals surface area contributed by atoms with E-state index in [-0.39, 0.29) is 43.7 Å². The minimum Gasteiger partial charge on any atom is -0.493 e. The molecule has 2 unspecified atom stereocenters. The van der Waals surface area contributed by atoms with Crippen LogP contribution in [0.1, 0.15) is 68.9 Å². The number of likely N-dealkylation sites (tertiary alicyclic amines) is 2. The average molecular weight is 697 g/mol. The van der Waals surface area contributed by atoms with E-state index in [4.69, 9.17) is 25.1 Å². The maximum atomic E-state index is 14.0. The number of piperidine rings is 2. The van der Waals surface area contributed by atoms with Gasteiger partial charge in [0, 0.05) is 42.4 Å². The fourth-order valence-corrected chi connectivity index (χ4v) is 9.17. The second kappa shape index (κ2) is 14.6. The van der Waals surface area contributed by atoms with Gasteiger partial charge in [-0.1, -0.05) is 12.5 Å². The summed E-state index contributed by atoms with van der Waals surface area (Å²) in [6.45, 7) is 1.35. The first-order valence-corrected chi connectivity index (χ1v) is 17.7. The Balaban J connectivity index is 1.20. The Morgan fingerprint density at radius 3 is 2.68 bits per heavy atom. The zero-order chi connectivity index (χ0) is 35.7. The first-order valence-electron chi connectivity index (χ1n) is 17.7. The Morgan fingerprint density at radius 2 is 1.96 bits per heavy atom. The topological polar surface area (TPSA) is 198 Å². The van der Waals surface area contributed by atoms with Gasteiger partial charge in [0.15, 0.2) is 17.6 Å². The van der Waals surface area contributed by atoms with E-state index in [0.29, 0.717) is 55.5 Å². The molecule has 3 aliphatic heterocycles. The number of allylic oxidation sites excluding steroid dienone is 1. The molecule has 5 N–H and O–H groups in total. The number of amides is 2. The Bertz CT molecular complexity index is 1560. The van der Waals surface area contributed by atoms with Gasteiger partial charge >= 0.3 is 18.0 Å². The summed E-state index contributed by atoms with van der Waals surface area (Å²) in [6.07, 6.45) is 4.20. The third kappa shape index (κ3) is 6.55. The molecule has 6 rings (SSSR count). The highest BCUT2D eigenvalue weighted by molar-refractivity contribution is 5.96. The number of ketones is 1. The van der Waals surface area contributed by atoms with Crippen molar-refractivity contribution in [2.24, 2.45) is 23.5 Å². The van der Waals surface area contributed by atoms with Gasteiger partial charge in [0.25, 0.3) is 0 Å². The van der Waals surface area contributed by atoms with E-state index < -0.39 is 60.1 Å². The van der Waals surface area contributed by atoms with Crippen molar-refractivity contribution in [1.82, 2.24) is 15.1 Å². The first-order chi connectivity index (χ1) is 24.0. The van der Waals surface area contributed by atoms with E-state index in [1.165, 1.54) is 10.5 Å². The predicted octanol–water partition coefficient (Wildman–Crippen LogP) is 2.46. The molecule has 2 fully saturated rings. The number of rotatable bonds is 14. The van der Waals surface area contributed by atoms with Crippen LogP contribution in [-0.2, 0) is 35.8 Å². The van der Waals surface area contributed by atoms with Gasteiger partial charge in [0.1, 0.15) is 18.0 Å². The number of methoxy groups -OCH3 is 1. The monoisotopic (exact) mass is 696 g/mol. The number of carbonyl (C=O) groups is 5. The lowest BCUT2D eigenvalue weighted by molar-refractivity contribution is -0.144. The van der Waals surface area contributed by atoms with Gasteiger partial charge in [-0.2, -0.15) is 0 Å². The highest BCUT2D eigenvalue weighted by Crippen LogP contribution is 2.63. The number of nitrogens with one attached hydrogen (secondary N) is 1. The van der Waals surface area contributed by atoms with Crippen molar-refractivity contribution < 1.29 is 48.4 Å². The van der Waals surface area contributed by atoms with Crippen LogP contribution in [0.15, 0.2) is 24.0 Å². The van der Waals surface area contributed by atoms with Crippen molar-refractivity contribution in [3.8, 4) is 11.5 Å². The lowest BCUT2D eigenvalue weighted by atomic mass is 9.53. The molecular formula is C36H48N4O10. The van der Waals surface area contributed by atoms with E-state index >= 15 is 0 Å². The van der Waals surface area contributed by atoms with E-state index in [9.17, 15) is 29.1 Å². The largest absolute Gasteiger partial charge is 0.493 e. The molecule has 50 heavy (non-hydrogen) atoms. The van der Waals surface area contributed by atoms with Crippen molar-refractivity contribution in [1.29, 1.82) is 0 Å². The molecule has 0 saturated carbocycles. The predicted molar refractivity (Wildman–Crippen MR) is 179 cm³/mol. The molecule has 1 aromatic carbocycles. The smallest absolute Gasteiger partial charge is 0.415 e. The molecule has 14 heteroatoms. The molecule has 2 aliphatic carbocycles. The van der Waals surface area contributed by atoms with Gasteiger partial charge < -0.3 is 45.3 Å². The molecule has 2 bridgehead atoms. The number of benzene rings is 1.